The van der Waals surface area contributed by atoms with Crippen LogP contribution >= 0.6 is 12.6 Å². The van der Waals surface area contributed by atoms with Crippen LogP contribution in [0.5, 0.6) is 0 Å². The van der Waals surface area contributed by atoms with Crippen molar-refractivity contribution in [1.82, 2.24) is 15.3 Å². The number of hydrogen-bond acceptors (Lipinski definition) is 5. The van der Waals surface area contributed by atoms with Gasteiger partial charge in [0.15, 0.2) is 0 Å². The molecule has 0 aromatic heterocycles. The molecule has 0 aromatic carbocycles. The van der Waals surface area contributed by atoms with Crippen LogP contribution in [0.2, 0.25) is 0 Å². The summed E-state index contributed by atoms with van der Waals surface area (Å²) >= 11 is 3.45. The summed E-state index contributed by atoms with van der Waals surface area (Å²) in [5.74, 6) is 0.0405. The van der Waals surface area contributed by atoms with Crippen LogP contribution < -0.4 is 5.43 Å². The zero-order chi connectivity index (χ0) is 25.2. The zero-order valence-corrected chi connectivity index (χ0v) is 22.1. The summed E-state index contributed by atoms with van der Waals surface area (Å²) in [6, 6.07) is 0. The highest BCUT2D eigenvalue weighted by molar-refractivity contribution is 7.96. The monoisotopic (exact) mass is 487 g/mol. The molecule has 0 fully saturated rings. The van der Waals surface area contributed by atoms with Crippen molar-refractivity contribution >= 4 is 23.8 Å². The Kier molecular flexibility index (Phi) is 27.6. The predicted octanol–water partition coefficient (Wildman–Crippen LogP) is 4.72. The minimum absolute atomic E-state index is 0.0405. The first-order chi connectivity index (χ1) is 15.9. The van der Waals surface area contributed by atoms with E-state index in [1.807, 2.05) is 0 Å². The number of thiol groups is 1. The number of carbonyl (C=O) groups is 2. The Balaban J connectivity index is 0. The van der Waals surface area contributed by atoms with Crippen LogP contribution in [0.1, 0.15) is 84.0 Å². The number of nitrogens with one attached hydrogen (secondary N) is 1. The van der Waals surface area contributed by atoms with E-state index in [-0.39, 0.29) is 24.4 Å². The maximum absolute atomic E-state index is 11.9. The van der Waals surface area contributed by atoms with Crippen molar-refractivity contribution in [3.8, 4) is 0 Å². The number of allylic oxidation sites excluding steroid dienone is 4. The van der Waals surface area contributed by atoms with Crippen molar-refractivity contribution in [2.24, 2.45) is 0 Å². The lowest BCUT2D eigenvalue weighted by molar-refractivity contribution is -0.132. The first-order valence-corrected chi connectivity index (χ1v) is 12.8. The number of hydrazine groups is 1. The van der Waals surface area contributed by atoms with Gasteiger partial charge in [-0.15, -0.1) is 0 Å². The summed E-state index contributed by atoms with van der Waals surface area (Å²) in [6.45, 7) is 2.78. The molecule has 8 heteroatoms. The van der Waals surface area contributed by atoms with E-state index in [1.165, 1.54) is 50.0 Å². The Labute approximate surface area is 207 Å². The van der Waals surface area contributed by atoms with Gasteiger partial charge < -0.3 is 15.1 Å². The molecule has 7 nitrogen and oxygen atoms in total. The van der Waals surface area contributed by atoms with Crippen molar-refractivity contribution in [2.45, 2.75) is 84.0 Å². The van der Waals surface area contributed by atoms with Crippen LogP contribution in [-0.4, -0.2) is 71.7 Å². The minimum Gasteiger partial charge on any atom is -0.395 e. The highest BCUT2D eigenvalue weighted by Gasteiger charge is 2.11. The van der Waals surface area contributed by atoms with Gasteiger partial charge in [-0.3, -0.25) is 15.0 Å². The second-order valence-corrected chi connectivity index (χ2v) is 8.53. The van der Waals surface area contributed by atoms with Gasteiger partial charge in [-0.05, 0) is 38.5 Å². The van der Waals surface area contributed by atoms with Gasteiger partial charge in [0.25, 0.3) is 5.24 Å². The first kappa shape index (κ1) is 33.8. The average Bonchev–Trinajstić information content (AvgIpc) is 2.75. The van der Waals surface area contributed by atoms with Gasteiger partial charge in [-0.2, -0.15) is 0 Å². The largest absolute Gasteiger partial charge is 0.395 e. The summed E-state index contributed by atoms with van der Waals surface area (Å²) < 4.78 is 0. The highest BCUT2D eigenvalue weighted by atomic mass is 32.1. The number of aliphatic hydroxyl groups excluding tert-OH is 2. The quantitative estimate of drug-likeness (QED) is 0.0916. The van der Waals surface area contributed by atoms with Crippen LogP contribution in [0.4, 0.5) is 4.79 Å². The number of nitrogens with zero attached hydrogens (tertiary/aromatic N) is 2. The van der Waals surface area contributed by atoms with E-state index in [9.17, 15) is 9.59 Å². The Bertz CT molecular complexity index is 508. The molecule has 0 spiro atoms. The predicted molar refractivity (Wildman–Crippen MR) is 141 cm³/mol. The van der Waals surface area contributed by atoms with E-state index in [2.05, 4.69) is 49.3 Å². The number of unbranched alkanes of at least 4 members (excludes halogenated alkanes) is 8. The molecule has 0 saturated carbocycles. The number of amides is 2. The normalized spacial score (nSPS) is 11.1. The molecule has 2 amide bonds. The van der Waals surface area contributed by atoms with Crippen molar-refractivity contribution < 1.29 is 19.8 Å². The van der Waals surface area contributed by atoms with Gasteiger partial charge in [0.2, 0.25) is 5.91 Å². The van der Waals surface area contributed by atoms with Crippen molar-refractivity contribution in [2.75, 3.05) is 40.4 Å². The van der Waals surface area contributed by atoms with Gasteiger partial charge >= 0.3 is 0 Å². The van der Waals surface area contributed by atoms with Crippen LogP contribution in [0.3, 0.4) is 0 Å². The summed E-state index contributed by atoms with van der Waals surface area (Å²) in [7, 11) is 3.43. The van der Waals surface area contributed by atoms with Gasteiger partial charge in [-0.25, -0.2) is 5.01 Å². The molecule has 33 heavy (non-hydrogen) atoms. The maximum atomic E-state index is 11.9. The molecular formula is C25H49N3O4S. The van der Waals surface area contributed by atoms with E-state index in [0.29, 0.717) is 19.5 Å². The fourth-order valence-corrected chi connectivity index (χ4v) is 3.24. The molecule has 0 unspecified atom stereocenters. The second-order valence-electron chi connectivity index (χ2n) is 8.12. The molecule has 0 saturated heterocycles. The molecular weight excluding hydrogens is 438 g/mol. The Morgan fingerprint density at radius 1 is 0.818 bits per heavy atom. The molecule has 0 heterocycles. The Morgan fingerprint density at radius 3 is 1.79 bits per heavy atom. The third-order valence-corrected chi connectivity index (χ3v) is 4.85. The zero-order valence-electron chi connectivity index (χ0n) is 21.2. The topological polar surface area (TPSA) is 93.1 Å². The molecule has 0 bridgehead atoms. The average molecular weight is 488 g/mol. The third kappa shape index (κ3) is 28.6. The number of hydrogen-bond donors (Lipinski definition) is 4. The fourth-order valence-electron chi connectivity index (χ4n) is 3.04. The van der Waals surface area contributed by atoms with E-state index in [0.717, 1.165) is 25.7 Å². The highest BCUT2D eigenvalue weighted by Crippen LogP contribution is 2.09. The van der Waals surface area contributed by atoms with E-state index >= 15 is 0 Å². The number of rotatable bonds is 19. The molecule has 0 aliphatic rings. The molecule has 0 atom stereocenters. The Morgan fingerprint density at radius 2 is 1.33 bits per heavy atom. The lowest BCUT2D eigenvalue weighted by Crippen LogP contribution is -2.35. The summed E-state index contributed by atoms with van der Waals surface area (Å²) in [5.41, 5.74) is 2.36. The van der Waals surface area contributed by atoms with Crippen LogP contribution in [0.15, 0.2) is 24.3 Å². The smallest absolute Gasteiger partial charge is 0.290 e. The molecule has 0 aliphatic heterocycles. The molecule has 0 aliphatic carbocycles. The van der Waals surface area contributed by atoms with Gasteiger partial charge in [0.1, 0.15) is 0 Å². The van der Waals surface area contributed by atoms with Crippen molar-refractivity contribution in [3.63, 3.8) is 0 Å². The van der Waals surface area contributed by atoms with E-state index in [4.69, 9.17) is 10.2 Å². The molecule has 0 rings (SSSR count). The first-order valence-electron chi connectivity index (χ1n) is 12.3. The van der Waals surface area contributed by atoms with Crippen molar-refractivity contribution in [1.29, 1.82) is 0 Å². The SMILES string of the molecule is CCCCC/C=C\C/C=C\CCCCCCCC(=O)N(CCO)CCO.CN(C)NC(=O)S. The molecule has 0 aromatic rings. The van der Waals surface area contributed by atoms with Gasteiger partial charge in [-0.1, -0.05) is 76.0 Å². The van der Waals surface area contributed by atoms with Crippen LogP contribution in [-0.2, 0) is 4.79 Å². The minimum atomic E-state index is -0.343. The standard InChI is InChI=1S/C22H41NO3.C3H8N2OS/c1-2-3-4-5-6-7-8-9-10-11-12-13-14-15-16-17-22(26)23(18-20-24)19-21-25;1-5(2)4-3(6)7/h6-7,9-10,24-25H,2-5,8,11-21H2,1H3;1-2H3,(H2,4,6,7)/b7-6-,10-9-;. The molecule has 194 valence electrons. The number of carbonyl (C=O) groups excluding carboxylic acids is 2. The molecule has 0 radical (unpaired) electrons. The lowest BCUT2D eigenvalue weighted by Gasteiger charge is -2.20. The van der Waals surface area contributed by atoms with Gasteiger partial charge in [0.05, 0.1) is 13.2 Å². The van der Waals surface area contributed by atoms with E-state index in [1.54, 1.807) is 19.0 Å². The molecule has 3 N–H and O–H groups in total. The third-order valence-electron chi connectivity index (χ3n) is 4.75. The lowest BCUT2D eigenvalue weighted by atomic mass is 10.1. The summed E-state index contributed by atoms with van der Waals surface area (Å²) in [4.78, 5) is 23.5. The van der Waals surface area contributed by atoms with Crippen molar-refractivity contribution in [3.05, 3.63) is 24.3 Å². The fraction of sp³-hybridized carbons (Fsp3) is 0.760. The summed E-state index contributed by atoms with van der Waals surface area (Å²) in [5, 5.41) is 19.0. The summed E-state index contributed by atoms with van der Waals surface area (Å²) in [6.07, 6.45) is 22.5. The Hall–Kier alpha value is -1.35. The van der Waals surface area contributed by atoms with Crippen LogP contribution in [0, 0.1) is 0 Å². The maximum Gasteiger partial charge on any atom is 0.290 e. The second kappa shape index (κ2) is 26.9. The number of aliphatic hydroxyl groups is 2. The van der Waals surface area contributed by atoms with Gasteiger partial charge in [0, 0.05) is 33.6 Å². The van der Waals surface area contributed by atoms with E-state index < -0.39 is 0 Å². The van der Waals surface area contributed by atoms with Crippen LogP contribution in [0.25, 0.3) is 0 Å².